The van der Waals surface area contributed by atoms with Crippen molar-refractivity contribution in [1.29, 1.82) is 0 Å². The van der Waals surface area contributed by atoms with Crippen LogP contribution in [0, 0.1) is 11.6 Å². The molecular formula is C27H30F2N4O3. The van der Waals surface area contributed by atoms with E-state index in [1.807, 2.05) is 18.2 Å². The minimum Gasteiger partial charge on any atom is -0.381 e. The van der Waals surface area contributed by atoms with E-state index in [1.165, 1.54) is 6.07 Å². The van der Waals surface area contributed by atoms with Gasteiger partial charge in [-0.3, -0.25) is 9.59 Å². The topological polar surface area (TPSA) is 90.4 Å². The molecule has 2 N–H and O–H groups in total. The monoisotopic (exact) mass is 496 g/mol. The van der Waals surface area contributed by atoms with Crippen molar-refractivity contribution in [3.05, 3.63) is 59.4 Å². The van der Waals surface area contributed by atoms with E-state index in [1.54, 1.807) is 12.0 Å². The number of methoxy groups -OCH3 is 1. The van der Waals surface area contributed by atoms with Crippen molar-refractivity contribution in [3.8, 4) is 0 Å². The average Bonchev–Trinajstić information content (AvgIpc) is 3.24. The largest absolute Gasteiger partial charge is 0.381 e. The number of nitrogens with zero attached hydrogens (tertiary/aromatic N) is 3. The SMILES string of the molecule is COC1CCC(n2c([C@@H]3CCCC(=O)N3c3ccc(F)c(F)c3)nc3cc(CC(N)=O)ccc32)CC1. The number of aromatic nitrogens is 2. The molecule has 0 radical (unpaired) electrons. The summed E-state index contributed by atoms with van der Waals surface area (Å²) in [7, 11) is 1.73. The average molecular weight is 497 g/mol. The molecule has 1 saturated carbocycles. The third kappa shape index (κ3) is 4.59. The Kier molecular flexibility index (Phi) is 6.75. The predicted octanol–water partition coefficient (Wildman–Crippen LogP) is 4.73. The van der Waals surface area contributed by atoms with E-state index in [9.17, 15) is 18.4 Å². The minimum absolute atomic E-state index is 0.111. The number of ether oxygens (including phenoxy) is 1. The van der Waals surface area contributed by atoms with Crippen LogP contribution in [0.5, 0.6) is 0 Å². The number of hydrogen-bond acceptors (Lipinski definition) is 4. The number of fused-ring (bicyclic) bond motifs is 1. The summed E-state index contributed by atoms with van der Waals surface area (Å²) in [6.07, 6.45) is 5.60. The lowest BCUT2D eigenvalue weighted by molar-refractivity contribution is -0.120. The molecule has 0 bridgehead atoms. The number of hydrogen-bond donors (Lipinski definition) is 1. The van der Waals surface area contributed by atoms with Crippen LogP contribution in [-0.4, -0.2) is 34.6 Å². The molecular weight excluding hydrogens is 466 g/mol. The number of carbonyl (C=O) groups excluding carboxylic acids is 2. The molecule has 0 spiro atoms. The van der Waals surface area contributed by atoms with Crippen LogP contribution < -0.4 is 10.6 Å². The van der Waals surface area contributed by atoms with Crippen LogP contribution in [0.2, 0.25) is 0 Å². The summed E-state index contributed by atoms with van der Waals surface area (Å²) < 4.78 is 35.6. The fourth-order valence-electron chi connectivity index (χ4n) is 5.71. The molecule has 2 heterocycles. The summed E-state index contributed by atoms with van der Waals surface area (Å²) in [6, 6.07) is 9.00. The molecule has 1 atom stereocenters. The van der Waals surface area contributed by atoms with Crippen molar-refractivity contribution in [3.63, 3.8) is 0 Å². The van der Waals surface area contributed by atoms with Crippen LogP contribution in [-0.2, 0) is 20.7 Å². The van der Waals surface area contributed by atoms with E-state index < -0.39 is 23.6 Å². The third-order valence-electron chi connectivity index (χ3n) is 7.43. The molecule has 36 heavy (non-hydrogen) atoms. The highest BCUT2D eigenvalue weighted by atomic mass is 19.2. The molecule has 0 unspecified atom stereocenters. The van der Waals surface area contributed by atoms with E-state index in [4.69, 9.17) is 15.5 Å². The van der Waals surface area contributed by atoms with Crippen LogP contribution >= 0.6 is 0 Å². The summed E-state index contributed by atoms with van der Waals surface area (Å²) >= 11 is 0. The summed E-state index contributed by atoms with van der Waals surface area (Å²) in [4.78, 5) is 31.2. The Bertz CT molecular complexity index is 1300. The summed E-state index contributed by atoms with van der Waals surface area (Å²) in [5.41, 5.74) is 8.14. The second kappa shape index (κ2) is 9.97. The smallest absolute Gasteiger partial charge is 0.227 e. The Morgan fingerprint density at radius 1 is 1.08 bits per heavy atom. The number of piperidine rings is 1. The second-order valence-corrected chi connectivity index (χ2v) is 9.74. The number of amides is 2. The van der Waals surface area contributed by atoms with E-state index in [-0.39, 0.29) is 24.5 Å². The Morgan fingerprint density at radius 3 is 2.56 bits per heavy atom. The molecule has 9 heteroatoms. The Morgan fingerprint density at radius 2 is 1.86 bits per heavy atom. The van der Waals surface area contributed by atoms with Gasteiger partial charge in [0.05, 0.1) is 29.6 Å². The Balaban J connectivity index is 1.63. The number of benzene rings is 2. The van der Waals surface area contributed by atoms with E-state index in [0.717, 1.165) is 60.2 Å². The number of carbonyl (C=O) groups is 2. The summed E-state index contributed by atoms with van der Waals surface area (Å²) in [6.45, 7) is 0. The number of anilines is 1. The molecule has 1 aliphatic carbocycles. The number of nitrogens with two attached hydrogens (primary N) is 1. The van der Waals surface area contributed by atoms with E-state index in [0.29, 0.717) is 24.9 Å². The van der Waals surface area contributed by atoms with Gasteiger partial charge in [0.1, 0.15) is 5.82 Å². The predicted molar refractivity (Wildman–Crippen MR) is 131 cm³/mol. The standard InChI is InChI=1S/C27H30F2N4O3/c1-36-19-9-6-17(7-10-19)33-23-12-5-16(14-25(30)34)13-22(23)31-27(33)24-3-2-4-26(35)32(24)18-8-11-20(28)21(29)15-18/h5,8,11-13,15,17,19,24H,2-4,6-7,9-10,14H2,1H3,(H2,30,34)/t17?,19?,24-/m0/s1. The van der Waals surface area contributed by atoms with Crippen LogP contribution in [0.1, 0.15) is 68.4 Å². The van der Waals surface area contributed by atoms with Gasteiger partial charge in [-0.1, -0.05) is 6.07 Å². The molecule has 1 saturated heterocycles. The lowest BCUT2D eigenvalue weighted by Crippen LogP contribution is -2.40. The number of primary amides is 1. The fraction of sp³-hybridized carbons (Fsp3) is 0.444. The zero-order valence-corrected chi connectivity index (χ0v) is 20.3. The van der Waals surface area contributed by atoms with Crippen molar-refractivity contribution in [1.82, 2.24) is 9.55 Å². The van der Waals surface area contributed by atoms with Crippen molar-refractivity contribution < 1.29 is 23.1 Å². The number of rotatable bonds is 6. The van der Waals surface area contributed by atoms with Gasteiger partial charge in [0.25, 0.3) is 0 Å². The first kappa shape index (κ1) is 24.4. The van der Waals surface area contributed by atoms with E-state index in [2.05, 4.69) is 4.57 Å². The highest BCUT2D eigenvalue weighted by Gasteiger charge is 2.36. The van der Waals surface area contributed by atoms with Crippen molar-refractivity contribution in [2.24, 2.45) is 5.73 Å². The Labute approximate surface area is 208 Å². The summed E-state index contributed by atoms with van der Waals surface area (Å²) in [5.74, 6) is -1.79. The highest BCUT2D eigenvalue weighted by molar-refractivity contribution is 5.95. The Hall–Kier alpha value is -3.33. The molecule has 2 aliphatic rings. The van der Waals surface area contributed by atoms with Gasteiger partial charge in [-0.25, -0.2) is 13.8 Å². The molecule has 1 aromatic heterocycles. The first-order chi connectivity index (χ1) is 17.4. The van der Waals surface area contributed by atoms with E-state index >= 15 is 0 Å². The van der Waals surface area contributed by atoms with Gasteiger partial charge in [-0.05, 0) is 68.4 Å². The van der Waals surface area contributed by atoms with Crippen LogP contribution in [0.15, 0.2) is 36.4 Å². The highest BCUT2D eigenvalue weighted by Crippen LogP contribution is 2.41. The van der Waals surface area contributed by atoms with Gasteiger partial charge in [0, 0.05) is 31.3 Å². The van der Waals surface area contributed by atoms with Crippen LogP contribution in [0.4, 0.5) is 14.5 Å². The lowest BCUT2D eigenvalue weighted by Gasteiger charge is -2.37. The maximum absolute atomic E-state index is 14.2. The zero-order chi connectivity index (χ0) is 25.4. The van der Waals surface area contributed by atoms with Gasteiger partial charge in [-0.15, -0.1) is 0 Å². The van der Waals surface area contributed by atoms with Crippen LogP contribution in [0.25, 0.3) is 11.0 Å². The lowest BCUT2D eigenvalue weighted by atomic mass is 9.91. The van der Waals surface area contributed by atoms with Crippen molar-refractivity contribution in [2.45, 2.75) is 69.6 Å². The molecule has 190 valence electrons. The fourth-order valence-corrected chi connectivity index (χ4v) is 5.71. The van der Waals surface area contributed by atoms with Crippen molar-refractivity contribution >= 4 is 28.5 Å². The molecule has 5 rings (SSSR count). The number of halogens is 2. The van der Waals surface area contributed by atoms with Gasteiger partial charge in [0.15, 0.2) is 11.6 Å². The number of imidazole rings is 1. The minimum atomic E-state index is -0.993. The third-order valence-corrected chi connectivity index (χ3v) is 7.43. The molecule has 3 aromatic rings. The molecule has 2 aromatic carbocycles. The molecule has 1 aliphatic heterocycles. The molecule has 2 fully saturated rings. The van der Waals surface area contributed by atoms with Gasteiger partial charge in [0.2, 0.25) is 11.8 Å². The van der Waals surface area contributed by atoms with Gasteiger partial charge >= 0.3 is 0 Å². The van der Waals surface area contributed by atoms with Crippen LogP contribution in [0.3, 0.4) is 0 Å². The first-order valence-corrected chi connectivity index (χ1v) is 12.4. The van der Waals surface area contributed by atoms with Crippen molar-refractivity contribution in [2.75, 3.05) is 12.0 Å². The maximum Gasteiger partial charge on any atom is 0.227 e. The zero-order valence-electron chi connectivity index (χ0n) is 20.3. The first-order valence-electron chi connectivity index (χ1n) is 12.4. The van der Waals surface area contributed by atoms with Gasteiger partial charge in [-0.2, -0.15) is 0 Å². The summed E-state index contributed by atoms with van der Waals surface area (Å²) in [5, 5.41) is 0. The quantitative estimate of drug-likeness (QED) is 0.534. The second-order valence-electron chi connectivity index (χ2n) is 9.74. The molecule has 2 amide bonds. The normalized spacial score (nSPS) is 22.8. The molecule has 7 nitrogen and oxygen atoms in total. The van der Waals surface area contributed by atoms with Gasteiger partial charge < -0.3 is 19.9 Å². The maximum atomic E-state index is 14.2.